The van der Waals surface area contributed by atoms with Crippen LogP contribution in [0.5, 0.6) is 0 Å². The SMILES string of the molecule is CC(Cc1ccc2c(c1)cc(C(=O)O)n2Cc1cccc(NCS(=O)(=O)C(F)(F)F)c1)NCC(O)c1cccc(Br)c1. The quantitative estimate of drug-likeness (QED) is 0.153. The van der Waals surface area contributed by atoms with Crippen LogP contribution in [0.25, 0.3) is 10.9 Å². The number of aromatic carboxylic acids is 1. The molecule has 0 saturated carbocycles. The minimum atomic E-state index is -5.37. The van der Waals surface area contributed by atoms with E-state index >= 15 is 0 Å². The summed E-state index contributed by atoms with van der Waals surface area (Å²) < 4.78 is 63.3. The van der Waals surface area contributed by atoms with Crippen molar-refractivity contribution in [3.63, 3.8) is 0 Å². The molecule has 13 heteroatoms. The molecular weight excluding hydrogens is 639 g/mol. The fourth-order valence-corrected chi connectivity index (χ4v) is 5.52. The summed E-state index contributed by atoms with van der Waals surface area (Å²) in [6.07, 6.45) is -0.0501. The summed E-state index contributed by atoms with van der Waals surface area (Å²) >= 11 is 3.40. The van der Waals surface area contributed by atoms with E-state index in [1.54, 1.807) is 22.8 Å². The Morgan fingerprint density at radius 3 is 2.45 bits per heavy atom. The first-order valence-corrected chi connectivity index (χ1v) is 15.3. The number of aliphatic hydroxyl groups excluding tert-OH is 1. The van der Waals surface area contributed by atoms with Crippen LogP contribution in [0.1, 0.15) is 40.2 Å². The number of nitrogens with zero attached hydrogens (tertiary/aromatic N) is 1. The molecule has 0 aliphatic heterocycles. The number of hydrogen-bond acceptors (Lipinski definition) is 6. The van der Waals surface area contributed by atoms with E-state index in [1.807, 2.05) is 49.4 Å². The summed E-state index contributed by atoms with van der Waals surface area (Å²) in [7, 11) is -5.35. The third-order valence-corrected chi connectivity index (χ3v) is 8.43. The standard InChI is InChI=1S/C29H29BrF3N3O5S/c1-18(34-15-27(37)21-5-3-6-23(30)13-21)10-19-8-9-25-22(11-19)14-26(28(38)39)36(25)16-20-4-2-7-24(12-20)35-17-42(40,41)29(31,32)33/h2-9,11-14,18,27,34-35,37H,10,15-17H2,1H3,(H,38,39). The molecule has 4 aromatic rings. The van der Waals surface area contributed by atoms with E-state index in [9.17, 15) is 36.6 Å². The van der Waals surface area contributed by atoms with Gasteiger partial charge in [0.1, 0.15) is 11.6 Å². The number of sulfone groups is 1. The van der Waals surface area contributed by atoms with Crippen molar-refractivity contribution in [1.29, 1.82) is 0 Å². The van der Waals surface area contributed by atoms with Crippen LogP contribution in [-0.2, 0) is 22.8 Å². The zero-order valence-electron chi connectivity index (χ0n) is 22.4. The van der Waals surface area contributed by atoms with Crippen LogP contribution in [0, 0.1) is 0 Å². The van der Waals surface area contributed by atoms with Gasteiger partial charge in [-0.1, -0.05) is 46.3 Å². The van der Waals surface area contributed by atoms with Crippen molar-refractivity contribution in [3.05, 3.63) is 99.7 Å². The lowest BCUT2D eigenvalue weighted by atomic mass is 10.0. The summed E-state index contributed by atoms with van der Waals surface area (Å²) in [6, 6.07) is 20.8. The van der Waals surface area contributed by atoms with Gasteiger partial charge < -0.3 is 25.4 Å². The average Bonchev–Trinajstić information content (AvgIpc) is 3.28. The predicted octanol–water partition coefficient (Wildman–Crippen LogP) is 5.71. The van der Waals surface area contributed by atoms with Gasteiger partial charge in [-0.3, -0.25) is 0 Å². The van der Waals surface area contributed by atoms with Crippen LogP contribution in [0.2, 0.25) is 0 Å². The first kappa shape index (κ1) is 31.5. The number of carboxylic acid groups (broad SMARTS) is 1. The number of aromatic nitrogens is 1. The molecule has 2 atom stereocenters. The molecule has 0 amide bonds. The Hall–Kier alpha value is -3.39. The van der Waals surface area contributed by atoms with Crippen molar-refractivity contribution >= 4 is 48.3 Å². The number of nitrogens with one attached hydrogen (secondary N) is 2. The third kappa shape index (κ3) is 7.71. The molecule has 8 nitrogen and oxygen atoms in total. The minimum Gasteiger partial charge on any atom is -0.477 e. The van der Waals surface area contributed by atoms with Gasteiger partial charge >= 0.3 is 11.5 Å². The molecule has 0 aliphatic carbocycles. The van der Waals surface area contributed by atoms with Crippen LogP contribution in [0.15, 0.2) is 77.3 Å². The van der Waals surface area contributed by atoms with Crippen molar-refractivity contribution in [2.45, 2.75) is 37.5 Å². The summed E-state index contributed by atoms with van der Waals surface area (Å²) in [6.45, 7) is 2.44. The molecule has 4 rings (SSSR count). The fraction of sp³-hybridized carbons (Fsp3) is 0.276. The second-order valence-corrected chi connectivity index (χ2v) is 12.9. The molecule has 1 aromatic heterocycles. The van der Waals surface area contributed by atoms with E-state index in [0.717, 1.165) is 15.6 Å². The molecule has 42 heavy (non-hydrogen) atoms. The highest BCUT2D eigenvalue weighted by molar-refractivity contribution is 9.10. The van der Waals surface area contributed by atoms with Crippen LogP contribution < -0.4 is 10.6 Å². The largest absolute Gasteiger partial charge is 0.499 e. The maximum atomic E-state index is 12.7. The number of alkyl halides is 3. The molecule has 0 aliphatic rings. The second-order valence-electron chi connectivity index (χ2n) is 9.98. The Labute approximate surface area is 249 Å². The highest BCUT2D eigenvalue weighted by atomic mass is 79.9. The van der Waals surface area contributed by atoms with E-state index < -0.39 is 33.3 Å². The van der Waals surface area contributed by atoms with Gasteiger partial charge in [0.15, 0.2) is 0 Å². The molecule has 0 radical (unpaired) electrons. The van der Waals surface area contributed by atoms with Gasteiger partial charge in [0.2, 0.25) is 0 Å². The highest BCUT2D eigenvalue weighted by Gasteiger charge is 2.45. The van der Waals surface area contributed by atoms with Gasteiger partial charge in [-0.2, -0.15) is 13.2 Å². The number of anilines is 1. The Morgan fingerprint density at radius 2 is 1.76 bits per heavy atom. The van der Waals surface area contributed by atoms with Gasteiger partial charge in [0.05, 0.1) is 6.10 Å². The van der Waals surface area contributed by atoms with E-state index in [-0.39, 0.29) is 24.0 Å². The molecule has 0 saturated heterocycles. The van der Waals surface area contributed by atoms with Gasteiger partial charge in [-0.25, -0.2) is 13.2 Å². The average molecular weight is 669 g/mol. The lowest BCUT2D eigenvalue weighted by molar-refractivity contribution is -0.0433. The number of carboxylic acids is 1. The van der Waals surface area contributed by atoms with E-state index in [4.69, 9.17) is 0 Å². The minimum absolute atomic E-state index is 0.0154. The highest BCUT2D eigenvalue weighted by Crippen LogP contribution is 2.26. The maximum Gasteiger partial charge on any atom is 0.499 e. The van der Waals surface area contributed by atoms with E-state index in [0.29, 0.717) is 29.4 Å². The molecule has 0 spiro atoms. The molecule has 1 heterocycles. The molecule has 0 bridgehead atoms. The summed E-state index contributed by atoms with van der Waals surface area (Å²) in [5.74, 6) is -2.46. The number of benzene rings is 3. The third-order valence-electron chi connectivity index (χ3n) is 6.71. The van der Waals surface area contributed by atoms with E-state index in [1.165, 1.54) is 12.1 Å². The Balaban J connectivity index is 1.47. The number of carbonyl (C=O) groups is 1. The van der Waals surface area contributed by atoms with Crippen LogP contribution in [0.4, 0.5) is 18.9 Å². The van der Waals surface area contributed by atoms with Crippen molar-refractivity contribution in [1.82, 2.24) is 9.88 Å². The molecule has 2 unspecified atom stereocenters. The maximum absolute atomic E-state index is 12.7. The van der Waals surface area contributed by atoms with Crippen LogP contribution in [-0.4, -0.2) is 53.1 Å². The molecule has 4 N–H and O–H groups in total. The second kappa shape index (κ2) is 12.9. The van der Waals surface area contributed by atoms with E-state index in [2.05, 4.69) is 26.6 Å². The lowest BCUT2D eigenvalue weighted by Gasteiger charge is -2.18. The van der Waals surface area contributed by atoms with Gasteiger partial charge in [0.25, 0.3) is 9.84 Å². The Morgan fingerprint density at radius 1 is 1.02 bits per heavy atom. The smallest absolute Gasteiger partial charge is 0.477 e. The number of halogens is 4. The number of hydrogen-bond donors (Lipinski definition) is 4. The Bertz CT molecular complexity index is 1690. The van der Waals surface area contributed by atoms with Crippen molar-refractivity contribution in [2.24, 2.45) is 0 Å². The van der Waals surface area contributed by atoms with Gasteiger partial charge in [-0.05, 0) is 72.5 Å². The monoisotopic (exact) mass is 667 g/mol. The molecule has 0 fully saturated rings. The van der Waals surface area contributed by atoms with Crippen LogP contribution >= 0.6 is 15.9 Å². The lowest BCUT2D eigenvalue weighted by Crippen LogP contribution is -2.32. The molecule has 3 aromatic carbocycles. The van der Waals surface area contributed by atoms with Gasteiger partial charge in [-0.15, -0.1) is 0 Å². The van der Waals surface area contributed by atoms with Crippen molar-refractivity contribution in [2.75, 3.05) is 17.7 Å². The van der Waals surface area contributed by atoms with Crippen LogP contribution in [0.3, 0.4) is 0 Å². The number of aliphatic hydroxyl groups is 1. The zero-order chi connectivity index (χ0) is 30.7. The summed E-state index contributed by atoms with van der Waals surface area (Å²) in [4.78, 5) is 12.1. The molecular formula is C29H29BrF3N3O5S. The first-order chi connectivity index (χ1) is 19.7. The topological polar surface area (TPSA) is 121 Å². The summed E-state index contributed by atoms with van der Waals surface area (Å²) in [5, 5.41) is 26.7. The Kier molecular flexibility index (Phi) is 9.66. The normalized spacial score (nSPS) is 13.7. The molecule has 224 valence electrons. The summed E-state index contributed by atoms with van der Waals surface area (Å²) in [5.41, 5.74) is -2.21. The van der Waals surface area contributed by atoms with Crippen molar-refractivity contribution < 1.29 is 36.6 Å². The zero-order valence-corrected chi connectivity index (χ0v) is 24.8. The van der Waals surface area contributed by atoms with Gasteiger partial charge in [0, 0.05) is 40.2 Å². The number of fused-ring (bicyclic) bond motifs is 1. The first-order valence-electron chi connectivity index (χ1n) is 12.9. The number of rotatable bonds is 12. The fourth-order valence-electron chi connectivity index (χ4n) is 4.59. The predicted molar refractivity (Wildman–Crippen MR) is 158 cm³/mol. The van der Waals surface area contributed by atoms with Crippen molar-refractivity contribution in [3.8, 4) is 0 Å².